The summed E-state index contributed by atoms with van der Waals surface area (Å²) in [6, 6.07) is 16.7. The number of carbonyl (C=O) groups is 1. The smallest absolute Gasteiger partial charge is 0.289 e. The summed E-state index contributed by atoms with van der Waals surface area (Å²) < 4.78 is 18.5. The first-order chi connectivity index (χ1) is 14.1. The van der Waals surface area contributed by atoms with E-state index >= 15 is 0 Å². The number of rotatable bonds is 6. The fourth-order valence-corrected chi connectivity index (χ4v) is 3.30. The van der Waals surface area contributed by atoms with E-state index in [2.05, 4.69) is 5.16 Å². The highest BCUT2D eigenvalue weighted by Crippen LogP contribution is 2.21. The maximum Gasteiger partial charge on any atom is 0.289 e. The molecule has 0 radical (unpaired) electrons. The molecule has 0 unspecified atom stereocenters. The SMILES string of the molecule is O=C(c1ccco1)N(Cc1ccc(F)cc1)C[C@H]1CC(c2ccc(Cl)cc2)=NO1. The topological polar surface area (TPSA) is 55.0 Å². The van der Waals surface area contributed by atoms with Crippen LogP contribution >= 0.6 is 11.6 Å². The summed E-state index contributed by atoms with van der Waals surface area (Å²) >= 11 is 5.94. The van der Waals surface area contributed by atoms with Crippen molar-refractivity contribution in [1.82, 2.24) is 4.90 Å². The highest BCUT2D eigenvalue weighted by Gasteiger charge is 2.28. The minimum absolute atomic E-state index is 0.240. The van der Waals surface area contributed by atoms with Crippen molar-refractivity contribution in [1.29, 1.82) is 0 Å². The average Bonchev–Trinajstić information content (AvgIpc) is 3.41. The van der Waals surface area contributed by atoms with Crippen LogP contribution in [-0.4, -0.2) is 29.2 Å². The Morgan fingerprint density at radius 3 is 2.59 bits per heavy atom. The van der Waals surface area contributed by atoms with Crippen LogP contribution < -0.4 is 0 Å². The Morgan fingerprint density at radius 2 is 1.90 bits per heavy atom. The van der Waals surface area contributed by atoms with Gasteiger partial charge in [0.1, 0.15) is 5.82 Å². The molecule has 0 saturated carbocycles. The predicted octanol–water partition coefficient (Wildman–Crippen LogP) is 4.91. The molecule has 148 valence electrons. The van der Waals surface area contributed by atoms with Gasteiger partial charge in [-0.15, -0.1) is 0 Å². The van der Waals surface area contributed by atoms with Crippen molar-refractivity contribution >= 4 is 23.2 Å². The first-order valence-corrected chi connectivity index (χ1v) is 9.52. The molecule has 1 aromatic heterocycles. The minimum Gasteiger partial charge on any atom is -0.459 e. The number of benzene rings is 2. The molecule has 0 N–H and O–H groups in total. The van der Waals surface area contributed by atoms with Crippen molar-refractivity contribution in [2.45, 2.75) is 19.1 Å². The second-order valence-electron chi connectivity index (χ2n) is 6.77. The lowest BCUT2D eigenvalue weighted by molar-refractivity contribution is 0.0387. The molecule has 1 aliphatic rings. The van der Waals surface area contributed by atoms with Gasteiger partial charge < -0.3 is 14.2 Å². The van der Waals surface area contributed by atoms with Gasteiger partial charge in [0, 0.05) is 18.0 Å². The molecular formula is C22H18ClFN2O3. The van der Waals surface area contributed by atoms with E-state index in [9.17, 15) is 9.18 Å². The zero-order valence-electron chi connectivity index (χ0n) is 15.4. The van der Waals surface area contributed by atoms with E-state index in [1.165, 1.54) is 18.4 Å². The van der Waals surface area contributed by atoms with Gasteiger partial charge in [0.05, 0.1) is 18.5 Å². The van der Waals surface area contributed by atoms with E-state index in [0.29, 0.717) is 24.5 Å². The summed E-state index contributed by atoms with van der Waals surface area (Å²) in [5.41, 5.74) is 2.54. The molecule has 0 bridgehead atoms. The molecule has 0 fully saturated rings. The summed E-state index contributed by atoms with van der Waals surface area (Å²) in [5, 5.41) is 4.83. The Morgan fingerprint density at radius 1 is 1.14 bits per heavy atom. The molecule has 29 heavy (non-hydrogen) atoms. The second-order valence-corrected chi connectivity index (χ2v) is 7.20. The molecule has 2 heterocycles. The molecule has 3 aromatic rings. The minimum atomic E-state index is -0.321. The van der Waals surface area contributed by atoms with Crippen LogP contribution in [0.5, 0.6) is 0 Å². The van der Waals surface area contributed by atoms with E-state index in [0.717, 1.165) is 16.8 Å². The summed E-state index contributed by atoms with van der Waals surface area (Å²) in [7, 11) is 0. The van der Waals surface area contributed by atoms with Crippen LogP contribution in [0.15, 0.2) is 76.5 Å². The van der Waals surface area contributed by atoms with Gasteiger partial charge in [-0.25, -0.2) is 4.39 Å². The van der Waals surface area contributed by atoms with E-state index in [1.807, 2.05) is 12.1 Å². The Labute approximate surface area is 172 Å². The van der Waals surface area contributed by atoms with Crippen molar-refractivity contribution in [2.75, 3.05) is 6.54 Å². The number of oxime groups is 1. The third-order valence-electron chi connectivity index (χ3n) is 4.64. The molecule has 4 rings (SSSR count). The van der Waals surface area contributed by atoms with Gasteiger partial charge in [0.15, 0.2) is 11.9 Å². The number of carbonyl (C=O) groups excluding carboxylic acids is 1. The molecular weight excluding hydrogens is 395 g/mol. The maximum atomic E-state index is 13.2. The molecule has 1 atom stereocenters. The Hall–Kier alpha value is -3.12. The van der Waals surface area contributed by atoms with Gasteiger partial charge in [0.2, 0.25) is 0 Å². The van der Waals surface area contributed by atoms with Crippen molar-refractivity contribution in [3.8, 4) is 0 Å². The second kappa shape index (κ2) is 8.49. The van der Waals surface area contributed by atoms with Gasteiger partial charge in [-0.1, -0.05) is 41.0 Å². The Bertz CT molecular complexity index is 1000. The quantitative estimate of drug-likeness (QED) is 0.578. The standard InChI is InChI=1S/C22H18ClFN2O3/c23-17-7-5-16(6-8-17)20-12-19(29-25-20)14-26(22(27)21-2-1-11-28-21)13-15-3-9-18(24)10-4-15/h1-11,19H,12-14H2/t19-/m1/s1. The highest BCUT2D eigenvalue weighted by atomic mass is 35.5. The summed E-state index contributed by atoms with van der Waals surface area (Å²) in [4.78, 5) is 20.1. The Kier molecular flexibility index (Phi) is 5.62. The number of hydrogen-bond donors (Lipinski definition) is 0. The molecule has 0 spiro atoms. The van der Waals surface area contributed by atoms with E-state index in [1.54, 1.807) is 41.3 Å². The lowest BCUT2D eigenvalue weighted by Crippen LogP contribution is -2.37. The predicted molar refractivity (Wildman–Crippen MR) is 107 cm³/mol. The monoisotopic (exact) mass is 412 g/mol. The van der Waals surface area contributed by atoms with Gasteiger partial charge in [-0.3, -0.25) is 4.79 Å². The van der Waals surface area contributed by atoms with Crippen molar-refractivity contribution in [2.24, 2.45) is 5.16 Å². The summed E-state index contributed by atoms with van der Waals surface area (Å²) in [6.07, 6.45) is 1.73. The van der Waals surface area contributed by atoms with Crippen molar-refractivity contribution in [3.05, 3.63) is 94.7 Å². The third kappa shape index (κ3) is 4.66. The number of nitrogens with zero attached hydrogens (tertiary/aromatic N) is 2. The average molecular weight is 413 g/mol. The zero-order valence-corrected chi connectivity index (χ0v) is 16.2. The van der Waals surface area contributed by atoms with Gasteiger partial charge >= 0.3 is 0 Å². The van der Waals surface area contributed by atoms with Crippen LogP contribution in [0, 0.1) is 5.82 Å². The van der Waals surface area contributed by atoms with Gasteiger partial charge in [-0.2, -0.15) is 0 Å². The summed E-state index contributed by atoms with van der Waals surface area (Å²) in [5.74, 6) is -0.343. The molecule has 0 aliphatic carbocycles. The van der Waals surface area contributed by atoms with Crippen LogP contribution in [0.3, 0.4) is 0 Å². The molecule has 1 amide bonds. The van der Waals surface area contributed by atoms with Crippen LogP contribution in [-0.2, 0) is 11.4 Å². The van der Waals surface area contributed by atoms with Crippen LogP contribution in [0.2, 0.25) is 5.02 Å². The van der Waals surface area contributed by atoms with Gasteiger partial charge in [-0.05, 0) is 47.5 Å². The maximum absolute atomic E-state index is 13.2. The fraction of sp³-hybridized carbons (Fsp3) is 0.182. The lowest BCUT2D eigenvalue weighted by Gasteiger charge is -2.24. The number of furan rings is 1. The van der Waals surface area contributed by atoms with Crippen molar-refractivity contribution < 1.29 is 18.4 Å². The molecule has 5 nitrogen and oxygen atoms in total. The van der Waals surface area contributed by atoms with Crippen LogP contribution in [0.25, 0.3) is 0 Å². The molecule has 0 saturated heterocycles. The Balaban J connectivity index is 1.47. The lowest BCUT2D eigenvalue weighted by atomic mass is 10.0. The molecule has 7 heteroatoms. The summed E-state index contributed by atoms with van der Waals surface area (Å²) in [6.45, 7) is 0.619. The normalized spacial score (nSPS) is 15.7. The number of halogens is 2. The van der Waals surface area contributed by atoms with Gasteiger partial charge in [0.25, 0.3) is 5.91 Å². The van der Waals surface area contributed by atoms with E-state index < -0.39 is 0 Å². The number of hydrogen-bond acceptors (Lipinski definition) is 4. The first-order valence-electron chi connectivity index (χ1n) is 9.14. The van der Waals surface area contributed by atoms with Crippen LogP contribution in [0.4, 0.5) is 4.39 Å². The molecule has 2 aromatic carbocycles. The van der Waals surface area contributed by atoms with E-state index in [-0.39, 0.29) is 23.6 Å². The first kappa shape index (κ1) is 19.2. The highest BCUT2D eigenvalue weighted by molar-refractivity contribution is 6.30. The fourth-order valence-electron chi connectivity index (χ4n) is 3.17. The van der Waals surface area contributed by atoms with E-state index in [4.69, 9.17) is 20.9 Å². The van der Waals surface area contributed by atoms with Crippen LogP contribution in [0.1, 0.15) is 28.1 Å². The molecule has 1 aliphatic heterocycles. The third-order valence-corrected chi connectivity index (χ3v) is 4.89. The van der Waals surface area contributed by atoms with Crippen molar-refractivity contribution in [3.63, 3.8) is 0 Å². The largest absolute Gasteiger partial charge is 0.459 e. The zero-order chi connectivity index (χ0) is 20.2. The number of amides is 1.